The van der Waals surface area contributed by atoms with Crippen molar-refractivity contribution < 1.29 is 33.3 Å². The minimum atomic E-state index is -0.816. The Morgan fingerprint density at radius 2 is 1.87 bits per heavy atom. The Balaban J connectivity index is 1.95. The number of carbonyl (C=O) groups excluding carboxylic acids is 2. The second-order valence-corrected chi connectivity index (χ2v) is 8.11. The number of benzene rings is 1. The van der Waals surface area contributed by atoms with Crippen LogP contribution in [0.1, 0.15) is 56.0 Å². The number of carbonyl (C=O) groups is 2. The first kappa shape index (κ1) is 22.3. The summed E-state index contributed by atoms with van der Waals surface area (Å²) in [5.74, 6) is -0.383. The Morgan fingerprint density at radius 3 is 2.57 bits per heavy atom. The standard InChI is InChI=1S/C23H30O7/c1-14-8-6-10-17(24)21-18(29-23(2,3)30-21)11-7-9-15-12-16(26-4)13-19(27-5)20(15)22(25)28-14/h6,10,12-14,18,21H,7-9,11H2,1-5H3/b10-6-/t14-,18-,21+/m0/s1. The van der Waals surface area contributed by atoms with E-state index in [1.807, 2.05) is 19.9 Å². The van der Waals surface area contributed by atoms with E-state index in [9.17, 15) is 9.59 Å². The number of fused-ring (bicyclic) bond motifs is 2. The van der Waals surface area contributed by atoms with Gasteiger partial charge in [0.1, 0.15) is 29.3 Å². The van der Waals surface area contributed by atoms with Gasteiger partial charge in [-0.25, -0.2) is 4.79 Å². The molecule has 0 radical (unpaired) electrons. The van der Waals surface area contributed by atoms with Gasteiger partial charge in [-0.15, -0.1) is 0 Å². The number of cyclic esters (lactones) is 1. The normalized spacial score (nSPS) is 28.0. The highest BCUT2D eigenvalue weighted by molar-refractivity contribution is 5.95. The van der Waals surface area contributed by atoms with Crippen molar-refractivity contribution in [2.75, 3.05) is 14.2 Å². The number of esters is 1. The van der Waals surface area contributed by atoms with Crippen LogP contribution in [-0.4, -0.2) is 50.1 Å². The van der Waals surface area contributed by atoms with Crippen LogP contribution < -0.4 is 9.47 Å². The summed E-state index contributed by atoms with van der Waals surface area (Å²) < 4.78 is 28.3. The fourth-order valence-corrected chi connectivity index (χ4v) is 3.89. The Morgan fingerprint density at radius 1 is 1.10 bits per heavy atom. The fourth-order valence-electron chi connectivity index (χ4n) is 3.89. The van der Waals surface area contributed by atoms with Crippen molar-refractivity contribution in [3.05, 3.63) is 35.4 Å². The summed E-state index contributed by atoms with van der Waals surface area (Å²) in [7, 11) is 3.08. The van der Waals surface area contributed by atoms with Gasteiger partial charge in [-0.1, -0.05) is 6.08 Å². The molecule has 1 fully saturated rings. The largest absolute Gasteiger partial charge is 0.497 e. The van der Waals surface area contributed by atoms with Gasteiger partial charge in [0, 0.05) is 12.5 Å². The van der Waals surface area contributed by atoms with Gasteiger partial charge < -0.3 is 23.7 Å². The van der Waals surface area contributed by atoms with E-state index < -0.39 is 24.0 Å². The van der Waals surface area contributed by atoms with Crippen LogP contribution in [0.15, 0.2) is 24.3 Å². The van der Waals surface area contributed by atoms with Crippen LogP contribution in [0.3, 0.4) is 0 Å². The monoisotopic (exact) mass is 418 g/mol. The first-order valence-corrected chi connectivity index (χ1v) is 10.3. The van der Waals surface area contributed by atoms with Crippen molar-refractivity contribution in [3.8, 4) is 11.5 Å². The molecule has 0 amide bonds. The SMILES string of the molecule is COc1cc2c(c(OC)c1)C(=O)O[C@@H](C)C/C=C\C(=O)[C@H]1OC(C)(C)O[C@H]1CCC2. The maximum Gasteiger partial charge on any atom is 0.342 e. The molecule has 7 heteroatoms. The zero-order valence-electron chi connectivity index (χ0n) is 18.2. The van der Waals surface area contributed by atoms with Crippen LogP contribution in [0.4, 0.5) is 0 Å². The zero-order chi connectivity index (χ0) is 21.9. The van der Waals surface area contributed by atoms with E-state index in [0.29, 0.717) is 42.7 Å². The molecular weight excluding hydrogens is 388 g/mol. The van der Waals surface area contributed by atoms with Gasteiger partial charge in [0.15, 0.2) is 11.6 Å². The molecular formula is C23H30O7. The van der Waals surface area contributed by atoms with Crippen molar-refractivity contribution >= 4 is 11.8 Å². The quantitative estimate of drug-likeness (QED) is 0.679. The number of hydrogen-bond acceptors (Lipinski definition) is 7. The first-order chi connectivity index (χ1) is 14.2. The third kappa shape index (κ3) is 5.02. The number of ether oxygens (including phenoxy) is 5. The summed E-state index contributed by atoms with van der Waals surface area (Å²) in [6, 6.07) is 3.51. The average Bonchev–Trinajstić information content (AvgIpc) is 3.00. The Hall–Kier alpha value is -2.38. The third-order valence-electron chi connectivity index (χ3n) is 5.27. The number of aryl methyl sites for hydroxylation is 1. The Labute approximate surface area is 177 Å². The van der Waals surface area contributed by atoms with Crippen molar-refractivity contribution in [2.45, 2.75) is 70.6 Å². The molecule has 2 aliphatic rings. The van der Waals surface area contributed by atoms with Gasteiger partial charge >= 0.3 is 5.97 Å². The summed E-state index contributed by atoms with van der Waals surface area (Å²) >= 11 is 0. The minimum Gasteiger partial charge on any atom is -0.497 e. The maximum absolute atomic E-state index is 12.9. The predicted molar refractivity (Wildman–Crippen MR) is 110 cm³/mol. The summed E-state index contributed by atoms with van der Waals surface area (Å²) in [5.41, 5.74) is 1.18. The van der Waals surface area contributed by atoms with Gasteiger partial charge in [0.05, 0.1) is 20.3 Å². The first-order valence-electron chi connectivity index (χ1n) is 10.3. The summed E-state index contributed by atoms with van der Waals surface area (Å²) in [5, 5.41) is 0. The smallest absolute Gasteiger partial charge is 0.342 e. The molecule has 3 rings (SSSR count). The van der Waals surface area contributed by atoms with Crippen LogP contribution in [0.5, 0.6) is 11.5 Å². The minimum absolute atomic E-state index is 0.134. The van der Waals surface area contributed by atoms with E-state index in [-0.39, 0.29) is 11.9 Å². The van der Waals surface area contributed by atoms with Gasteiger partial charge in [-0.3, -0.25) is 4.79 Å². The highest BCUT2D eigenvalue weighted by atomic mass is 16.8. The lowest BCUT2D eigenvalue weighted by Gasteiger charge is -2.19. The molecule has 0 aromatic heterocycles. The zero-order valence-corrected chi connectivity index (χ0v) is 18.2. The molecule has 1 aromatic carbocycles. The lowest BCUT2D eigenvalue weighted by Crippen LogP contribution is -2.30. The van der Waals surface area contributed by atoms with E-state index in [2.05, 4.69) is 0 Å². The van der Waals surface area contributed by atoms with Crippen LogP contribution in [-0.2, 0) is 25.4 Å². The number of methoxy groups -OCH3 is 2. The van der Waals surface area contributed by atoms with Crippen molar-refractivity contribution in [1.29, 1.82) is 0 Å². The summed E-state index contributed by atoms with van der Waals surface area (Å²) in [4.78, 5) is 25.6. The van der Waals surface area contributed by atoms with Gasteiger partial charge in [0.2, 0.25) is 0 Å². The van der Waals surface area contributed by atoms with E-state index in [0.717, 1.165) is 5.56 Å². The third-order valence-corrected chi connectivity index (χ3v) is 5.27. The lowest BCUT2D eigenvalue weighted by atomic mass is 9.97. The lowest BCUT2D eigenvalue weighted by molar-refractivity contribution is -0.153. The molecule has 2 heterocycles. The predicted octanol–water partition coefficient (Wildman–Crippen LogP) is 3.62. The van der Waals surface area contributed by atoms with Gasteiger partial charge in [-0.2, -0.15) is 0 Å². The number of ketones is 1. The Kier molecular flexibility index (Phi) is 6.83. The molecule has 0 N–H and O–H groups in total. The molecule has 0 unspecified atom stereocenters. The number of hydrogen-bond donors (Lipinski definition) is 0. The van der Waals surface area contributed by atoms with Gasteiger partial charge in [0.25, 0.3) is 0 Å². The molecule has 164 valence electrons. The van der Waals surface area contributed by atoms with E-state index in [1.165, 1.54) is 13.2 Å². The maximum atomic E-state index is 12.9. The topological polar surface area (TPSA) is 80.3 Å². The fraction of sp³-hybridized carbons (Fsp3) is 0.565. The molecule has 1 saturated heterocycles. The molecule has 0 bridgehead atoms. The molecule has 1 aromatic rings. The highest BCUT2D eigenvalue weighted by Gasteiger charge is 2.43. The van der Waals surface area contributed by atoms with Crippen LogP contribution in [0, 0.1) is 0 Å². The second-order valence-electron chi connectivity index (χ2n) is 8.11. The summed E-state index contributed by atoms with van der Waals surface area (Å²) in [6.45, 7) is 5.41. The van der Waals surface area contributed by atoms with Crippen molar-refractivity contribution in [1.82, 2.24) is 0 Å². The van der Waals surface area contributed by atoms with Gasteiger partial charge in [-0.05, 0) is 57.7 Å². The van der Waals surface area contributed by atoms with Crippen LogP contribution in [0.2, 0.25) is 0 Å². The van der Waals surface area contributed by atoms with E-state index >= 15 is 0 Å². The molecule has 30 heavy (non-hydrogen) atoms. The van der Waals surface area contributed by atoms with E-state index in [1.54, 1.807) is 26.2 Å². The number of rotatable bonds is 2. The average molecular weight is 418 g/mol. The summed E-state index contributed by atoms with van der Waals surface area (Å²) in [6.07, 6.45) is 4.09. The highest BCUT2D eigenvalue weighted by Crippen LogP contribution is 2.34. The Bertz CT molecular complexity index is 827. The molecule has 0 aliphatic carbocycles. The van der Waals surface area contributed by atoms with E-state index in [4.69, 9.17) is 23.7 Å². The van der Waals surface area contributed by atoms with Crippen LogP contribution in [0.25, 0.3) is 0 Å². The van der Waals surface area contributed by atoms with Crippen LogP contribution >= 0.6 is 0 Å². The second kappa shape index (κ2) is 9.18. The molecule has 3 atom stereocenters. The van der Waals surface area contributed by atoms with Crippen molar-refractivity contribution in [2.24, 2.45) is 0 Å². The molecule has 7 nitrogen and oxygen atoms in total. The van der Waals surface area contributed by atoms with Crippen molar-refractivity contribution in [3.63, 3.8) is 0 Å². The molecule has 0 spiro atoms. The molecule has 2 aliphatic heterocycles. The molecule has 0 saturated carbocycles.